The molecule has 0 aliphatic rings. The number of amides is 2. The van der Waals surface area contributed by atoms with Gasteiger partial charge in [0.15, 0.2) is 0 Å². The molecule has 0 heterocycles. The van der Waals surface area contributed by atoms with E-state index in [1.54, 1.807) is 32.1 Å². The summed E-state index contributed by atoms with van der Waals surface area (Å²) < 4.78 is 26.7. The summed E-state index contributed by atoms with van der Waals surface area (Å²) in [6.07, 6.45) is 2.84. The molecule has 0 saturated carbocycles. The Morgan fingerprint density at radius 1 is 1.11 bits per heavy atom. The second-order valence-corrected chi connectivity index (χ2v) is 8.35. The Hall–Kier alpha value is -2.68. The molecule has 0 atom stereocenters. The molecule has 28 heavy (non-hydrogen) atoms. The molecule has 148 valence electrons. The molecular formula is C19H20ClN3O4S. The van der Waals surface area contributed by atoms with Crippen LogP contribution in [-0.4, -0.2) is 26.3 Å². The standard InChI is InChI=1S/C19H20ClN3O4S/c1-12(2)23-28(26,27)15-7-3-13(4-8-15)5-10-18(24)22-14-6-9-16(19(21)25)17(20)11-14/h3-12,23H,1-2H3,(H2,21,25)(H,22,24)/b10-5+. The van der Waals surface area contributed by atoms with Crippen molar-refractivity contribution in [1.82, 2.24) is 4.72 Å². The average Bonchev–Trinajstić information content (AvgIpc) is 2.59. The molecule has 4 N–H and O–H groups in total. The maximum absolute atomic E-state index is 12.1. The molecule has 0 spiro atoms. The van der Waals surface area contributed by atoms with Gasteiger partial charge in [0.1, 0.15) is 0 Å². The van der Waals surface area contributed by atoms with Gasteiger partial charge >= 0.3 is 0 Å². The number of carbonyl (C=O) groups is 2. The SMILES string of the molecule is CC(C)NS(=O)(=O)c1ccc(/C=C/C(=O)Nc2ccc(C(N)=O)c(Cl)c2)cc1. The van der Waals surface area contributed by atoms with E-state index in [0.717, 1.165) is 0 Å². The van der Waals surface area contributed by atoms with E-state index in [-0.39, 0.29) is 21.5 Å². The smallest absolute Gasteiger partial charge is 0.250 e. The zero-order valence-corrected chi connectivity index (χ0v) is 16.8. The maximum Gasteiger partial charge on any atom is 0.250 e. The van der Waals surface area contributed by atoms with Crippen molar-refractivity contribution < 1.29 is 18.0 Å². The third kappa shape index (κ3) is 5.91. The number of hydrogen-bond donors (Lipinski definition) is 3. The van der Waals surface area contributed by atoms with Crippen LogP contribution in [0.3, 0.4) is 0 Å². The van der Waals surface area contributed by atoms with Crippen molar-refractivity contribution in [2.45, 2.75) is 24.8 Å². The predicted molar refractivity (Wildman–Crippen MR) is 110 cm³/mol. The molecule has 0 aliphatic carbocycles. The third-order valence-corrected chi connectivity index (χ3v) is 5.50. The van der Waals surface area contributed by atoms with Gasteiger partial charge < -0.3 is 11.1 Å². The van der Waals surface area contributed by atoms with Crippen LogP contribution in [0, 0.1) is 0 Å². The Kier molecular flexibility index (Phi) is 6.95. The van der Waals surface area contributed by atoms with Gasteiger partial charge in [-0.25, -0.2) is 13.1 Å². The summed E-state index contributed by atoms with van der Waals surface area (Å²) in [7, 11) is -3.56. The molecule has 9 heteroatoms. The second kappa shape index (κ2) is 9.01. The molecule has 7 nitrogen and oxygen atoms in total. The van der Waals surface area contributed by atoms with E-state index in [0.29, 0.717) is 11.3 Å². The van der Waals surface area contributed by atoms with Gasteiger partial charge in [-0.1, -0.05) is 23.7 Å². The van der Waals surface area contributed by atoms with E-state index >= 15 is 0 Å². The lowest BCUT2D eigenvalue weighted by atomic mass is 10.2. The van der Waals surface area contributed by atoms with Gasteiger partial charge in [-0.2, -0.15) is 0 Å². The fraction of sp³-hybridized carbons (Fsp3) is 0.158. The number of hydrogen-bond acceptors (Lipinski definition) is 4. The minimum atomic E-state index is -3.56. The molecule has 0 bridgehead atoms. The number of halogens is 1. The number of benzene rings is 2. The molecule has 2 aromatic carbocycles. The van der Waals surface area contributed by atoms with Crippen LogP contribution >= 0.6 is 11.6 Å². The van der Waals surface area contributed by atoms with Crippen LogP contribution in [-0.2, 0) is 14.8 Å². The van der Waals surface area contributed by atoms with Crippen LogP contribution in [0.2, 0.25) is 5.02 Å². The Balaban J connectivity index is 2.04. The lowest BCUT2D eigenvalue weighted by molar-refractivity contribution is -0.111. The maximum atomic E-state index is 12.1. The largest absolute Gasteiger partial charge is 0.366 e. The van der Waals surface area contributed by atoms with E-state index in [9.17, 15) is 18.0 Å². The summed E-state index contributed by atoms with van der Waals surface area (Å²) in [6.45, 7) is 3.48. The average molecular weight is 422 g/mol. The van der Waals surface area contributed by atoms with Crippen LogP contribution in [0.5, 0.6) is 0 Å². The molecule has 0 radical (unpaired) electrons. The zero-order valence-electron chi connectivity index (χ0n) is 15.3. The third-order valence-electron chi connectivity index (χ3n) is 3.51. The zero-order chi connectivity index (χ0) is 20.9. The predicted octanol–water partition coefficient (Wildman–Crippen LogP) is 2.78. The van der Waals surface area contributed by atoms with Crippen molar-refractivity contribution in [3.05, 3.63) is 64.7 Å². The molecule has 2 rings (SSSR count). The minimum absolute atomic E-state index is 0.140. The highest BCUT2D eigenvalue weighted by Gasteiger charge is 2.14. The van der Waals surface area contributed by atoms with E-state index < -0.39 is 21.8 Å². The van der Waals surface area contributed by atoms with Gasteiger partial charge in [-0.15, -0.1) is 0 Å². The molecular weight excluding hydrogens is 402 g/mol. The van der Waals surface area contributed by atoms with Crippen LogP contribution in [0.1, 0.15) is 29.8 Å². The topological polar surface area (TPSA) is 118 Å². The molecule has 0 unspecified atom stereocenters. The minimum Gasteiger partial charge on any atom is -0.366 e. The first-order valence-corrected chi connectivity index (χ1v) is 10.2. The Morgan fingerprint density at radius 2 is 1.75 bits per heavy atom. The van der Waals surface area contributed by atoms with E-state index in [2.05, 4.69) is 10.0 Å². The second-order valence-electron chi connectivity index (χ2n) is 6.23. The summed E-state index contributed by atoms with van der Waals surface area (Å²) in [4.78, 5) is 23.3. The number of nitrogens with one attached hydrogen (secondary N) is 2. The number of primary amides is 1. The fourth-order valence-electron chi connectivity index (χ4n) is 2.28. The van der Waals surface area contributed by atoms with Crippen LogP contribution in [0.4, 0.5) is 5.69 Å². The quantitative estimate of drug-likeness (QED) is 0.595. The summed E-state index contributed by atoms with van der Waals surface area (Å²) in [5.74, 6) is -1.07. The molecule has 0 fully saturated rings. The molecule has 2 aromatic rings. The van der Waals surface area contributed by atoms with Crippen LogP contribution in [0.15, 0.2) is 53.4 Å². The Labute approximate surface area is 168 Å². The highest BCUT2D eigenvalue weighted by molar-refractivity contribution is 7.89. The molecule has 2 amide bonds. The first kappa shape index (κ1) is 21.6. The first-order valence-electron chi connectivity index (χ1n) is 8.29. The number of sulfonamides is 1. The van der Waals surface area contributed by atoms with E-state index in [1.165, 1.54) is 36.4 Å². The van der Waals surface area contributed by atoms with Crippen molar-refractivity contribution in [2.75, 3.05) is 5.32 Å². The summed E-state index contributed by atoms with van der Waals surface area (Å²) in [5, 5.41) is 2.75. The summed E-state index contributed by atoms with van der Waals surface area (Å²) in [6, 6.07) is 10.3. The highest BCUT2D eigenvalue weighted by Crippen LogP contribution is 2.20. The molecule has 0 saturated heterocycles. The normalized spacial score (nSPS) is 11.7. The first-order chi connectivity index (χ1) is 13.1. The summed E-state index contributed by atoms with van der Waals surface area (Å²) in [5.41, 5.74) is 6.40. The number of rotatable bonds is 7. The van der Waals surface area contributed by atoms with Crippen molar-refractivity contribution >= 4 is 45.2 Å². The van der Waals surface area contributed by atoms with E-state index in [4.69, 9.17) is 17.3 Å². The number of nitrogens with two attached hydrogens (primary N) is 1. The molecule has 0 aromatic heterocycles. The lowest BCUT2D eigenvalue weighted by Crippen LogP contribution is -2.30. The Bertz CT molecular complexity index is 1020. The van der Waals surface area contributed by atoms with Crippen LogP contribution < -0.4 is 15.8 Å². The van der Waals surface area contributed by atoms with Gasteiger partial charge in [0.2, 0.25) is 21.8 Å². The van der Waals surface area contributed by atoms with Gasteiger partial charge in [-0.05, 0) is 55.8 Å². The van der Waals surface area contributed by atoms with Crippen molar-refractivity contribution in [2.24, 2.45) is 5.73 Å². The van der Waals surface area contributed by atoms with Crippen molar-refractivity contribution in [1.29, 1.82) is 0 Å². The monoisotopic (exact) mass is 421 g/mol. The van der Waals surface area contributed by atoms with Crippen LogP contribution in [0.25, 0.3) is 6.08 Å². The molecule has 0 aliphatic heterocycles. The fourth-order valence-corrected chi connectivity index (χ4v) is 3.81. The lowest BCUT2D eigenvalue weighted by Gasteiger charge is -2.09. The van der Waals surface area contributed by atoms with Gasteiger partial charge in [-0.3, -0.25) is 9.59 Å². The van der Waals surface area contributed by atoms with Gasteiger partial charge in [0.05, 0.1) is 15.5 Å². The summed E-state index contributed by atoms with van der Waals surface area (Å²) >= 11 is 5.94. The number of anilines is 1. The van der Waals surface area contributed by atoms with E-state index in [1.807, 2.05) is 0 Å². The van der Waals surface area contributed by atoms with Gasteiger partial charge in [0.25, 0.3) is 0 Å². The Morgan fingerprint density at radius 3 is 2.29 bits per heavy atom. The van der Waals surface area contributed by atoms with Gasteiger partial charge in [0, 0.05) is 17.8 Å². The highest BCUT2D eigenvalue weighted by atomic mass is 35.5. The van der Waals surface area contributed by atoms with Crippen molar-refractivity contribution in [3.8, 4) is 0 Å². The number of carbonyl (C=O) groups excluding carboxylic acids is 2. The van der Waals surface area contributed by atoms with Crippen molar-refractivity contribution in [3.63, 3.8) is 0 Å².